The molecule has 3 rings (SSSR count). The number of aromatic nitrogens is 1. The smallest absolute Gasteiger partial charge is 0.306 e. The number of amides is 1. The molecule has 0 bridgehead atoms. The Labute approximate surface area is 122 Å². The van der Waals surface area contributed by atoms with E-state index in [0.717, 1.165) is 10.8 Å². The molecule has 1 saturated carbocycles. The minimum atomic E-state index is -0.779. The van der Waals surface area contributed by atoms with Gasteiger partial charge in [0.1, 0.15) is 0 Å². The van der Waals surface area contributed by atoms with Crippen LogP contribution >= 0.6 is 0 Å². The summed E-state index contributed by atoms with van der Waals surface area (Å²) in [6.07, 6.45) is 5.11. The minimum Gasteiger partial charge on any atom is -0.481 e. The van der Waals surface area contributed by atoms with Gasteiger partial charge in [-0.3, -0.25) is 14.6 Å². The van der Waals surface area contributed by atoms with Gasteiger partial charge in [-0.25, -0.2) is 0 Å². The van der Waals surface area contributed by atoms with Crippen LogP contribution in [0.15, 0.2) is 36.7 Å². The Morgan fingerprint density at radius 3 is 2.76 bits per heavy atom. The van der Waals surface area contributed by atoms with Gasteiger partial charge in [0, 0.05) is 23.8 Å². The lowest BCUT2D eigenvalue weighted by Gasteiger charge is -2.13. The number of hydrogen-bond acceptors (Lipinski definition) is 3. The van der Waals surface area contributed by atoms with Crippen molar-refractivity contribution in [1.29, 1.82) is 0 Å². The molecule has 1 aliphatic rings. The average Bonchev–Trinajstić information content (AvgIpc) is 2.95. The maximum atomic E-state index is 12.4. The molecule has 5 heteroatoms. The second kappa shape index (κ2) is 5.52. The fraction of sp³-hybridized carbons (Fsp3) is 0.312. The number of fused-ring (bicyclic) bond motifs is 1. The molecule has 1 heterocycles. The summed E-state index contributed by atoms with van der Waals surface area (Å²) in [6.45, 7) is 0. The summed E-state index contributed by atoms with van der Waals surface area (Å²) < 4.78 is 0. The quantitative estimate of drug-likeness (QED) is 0.905. The van der Waals surface area contributed by atoms with E-state index in [2.05, 4.69) is 10.3 Å². The van der Waals surface area contributed by atoms with Crippen LogP contribution < -0.4 is 5.32 Å². The Bertz CT molecular complexity index is 693. The highest BCUT2D eigenvalue weighted by Gasteiger charge is 2.30. The summed E-state index contributed by atoms with van der Waals surface area (Å²) in [5.74, 6) is -1.31. The molecule has 0 radical (unpaired) electrons. The van der Waals surface area contributed by atoms with Crippen LogP contribution in [0.4, 0.5) is 0 Å². The van der Waals surface area contributed by atoms with Gasteiger partial charge in [0.05, 0.1) is 11.5 Å². The highest BCUT2D eigenvalue weighted by atomic mass is 16.4. The number of hydrogen-bond donors (Lipinski definition) is 2. The molecule has 0 unspecified atom stereocenters. The molecule has 0 aliphatic heterocycles. The van der Waals surface area contributed by atoms with E-state index in [1.807, 2.05) is 24.3 Å². The minimum absolute atomic E-state index is 0.0717. The predicted molar refractivity (Wildman–Crippen MR) is 78.0 cm³/mol. The zero-order chi connectivity index (χ0) is 14.8. The number of benzene rings is 1. The Morgan fingerprint density at radius 2 is 2.00 bits per heavy atom. The predicted octanol–water partition coefficient (Wildman–Crippen LogP) is 2.22. The number of rotatable bonds is 3. The maximum absolute atomic E-state index is 12.4. The van der Waals surface area contributed by atoms with Crippen LogP contribution in [0.3, 0.4) is 0 Å². The van der Waals surface area contributed by atoms with Gasteiger partial charge < -0.3 is 10.4 Å². The summed E-state index contributed by atoms with van der Waals surface area (Å²) in [6, 6.07) is 7.52. The summed E-state index contributed by atoms with van der Waals surface area (Å²) in [7, 11) is 0. The normalized spacial score (nSPS) is 21.3. The topological polar surface area (TPSA) is 79.3 Å². The summed E-state index contributed by atoms with van der Waals surface area (Å²) in [5, 5.41) is 13.7. The zero-order valence-electron chi connectivity index (χ0n) is 11.5. The third-order valence-electron chi connectivity index (χ3n) is 4.03. The van der Waals surface area contributed by atoms with E-state index in [9.17, 15) is 9.59 Å². The van der Waals surface area contributed by atoms with Gasteiger partial charge in [-0.05, 0) is 24.6 Å². The van der Waals surface area contributed by atoms with Crippen molar-refractivity contribution in [3.8, 4) is 0 Å². The van der Waals surface area contributed by atoms with Crippen molar-refractivity contribution < 1.29 is 14.7 Å². The molecular formula is C16H16N2O3. The lowest BCUT2D eigenvalue weighted by Crippen LogP contribution is -2.33. The molecule has 1 aliphatic carbocycles. The first-order valence-corrected chi connectivity index (χ1v) is 7.01. The number of carbonyl (C=O) groups is 2. The Kier molecular flexibility index (Phi) is 3.56. The molecule has 1 aromatic carbocycles. The summed E-state index contributed by atoms with van der Waals surface area (Å²) in [5.41, 5.74) is 0.534. The first-order valence-electron chi connectivity index (χ1n) is 7.01. The average molecular weight is 284 g/mol. The summed E-state index contributed by atoms with van der Waals surface area (Å²) >= 11 is 0. The van der Waals surface area contributed by atoms with Gasteiger partial charge >= 0.3 is 5.97 Å². The van der Waals surface area contributed by atoms with Crippen molar-refractivity contribution in [2.75, 3.05) is 0 Å². The standard InChI is InChI=1S/C16H16N2O3/c19-15(18-12-6-5-10(7-12)16(20)21)14-9-17-8-11-3-1-2-4-13(11)14/h1-4,8-10,12H,5-7H2,(H,18,19)(H,20,21)/t10-,12+/m1/s1. The number of carboxylic acids is 1. The largest absolute Gasteiger partial charge is 0.481 e. The number of nitrogens with one attached hydrogen (secondary N) is 1. The van der Waals surface area contributed by atoms with Crippen LogP contribution in [0.5, 0.6) is 0 Å². The number of carboxylic acid groups (broad SMARTS) is 1. The van der Waals surface area contributed by atoms with E-state index < -0.39 is 5.97 Å². The monoisotopic (exact) mass is 284 g/mol. The van der Waals surface area contributed by atoms with E-state index in [1.165, 1.54) is 0 Å². The van der Waals surface area contributed by atoms with Crippen molar-refractivity contribution in [3.05, 3.63) is 42.2 Å². The van der Waals surface area contributed by atoms with Crippen LogP contribution in [0.25, 0.3) is 10.8 Å². The fourth-order valence-corrected chi connectivity index (χ4v) is 2.90. The van der Waals surface area contributed by atoms with E-state index in [0.29, 0.717) is 24.8 Å². The molecule has 1 amide bonds. The fourth-order valence-electron chi connectivity index (χ4n) is 2.90. The van der Waals surface area contributed by atoms with Gasteiger partial charge in [0.25, 0.3) is 5.91 Å². The zero-order valence-corrected chi connectivity index (χ0v) is 11.5. The Hall–Kier alpha value is -2.43. The molecule has 2 atom stereocenters. The summed E-state index contributed by atoms with van der Waals surface area (Å²) in [4.78, 5) is 27.4. The number of nitrogens with zero attached hydrogens (tertiary/aromatic N) is 1. The van der Waals surface area contributed by atoms with Gasteiger partial charge in [0.15, 0.2) is 0 Å². The molecule has 0 spiro atoms. The molecular weight excluding hydrogens is 268 g/mol. The second-order valence-electron chi connectivity index (χ2n) is 5.43. The highest BCUT2D eigenvalue weighted by Crippen LogP contribution is 2.26. The van der Waals surface area contributed by atoms with Crippen molar-refractivity contribution in [1.82, 2.24) is 10.3 Å². The van der Waals surface area contributed by atoms with E-state index >= 15 is 0 Å². The van der Waals surface area contributed by atoms with E-state index in [4.69, 9.17) is 5.11 Å². The molecule has 0 saturated heterocycles. The van der Waals surface area contributed by atoms with Crippen molar-refractivity contribution >= 4 is 22.6 Å². The Balaban J connectivity index is 1.78. The first-order chi connectivity index (χ1) is 10.1. The van der Waals surface area contributed by atoms with Gasteiger partial charge in [-0.1, -0.05) is 24.3 Å². The number of pyridine rings is 1. The Morgan fingerprint density at radius 1 is 1.19 bits per heavy atom. The van der Waals surface area contributed by atoms with Crippen molar-refractivity contribution in [3.63, 3.8) is 0 Å². The molecule has 5 nitrogen and oxygen atoms in total. The number of aliphatic carboxylic acids is 1. The molecule has 108 valence electrons. The second-order valence-corrected chi connectivity index (χ2v) is 5.43. The molecule has 2 N–H and O–H groups in total. The van der Waals surface area contributed by atoms with Crippen molar-refractivity contribution in [2.45, 2.75) is 25.3 Å². The van der Waals surface area contributed by atoms with Crippen LogP contribution in [-0.2, 0) is 4.79 Å². The number of carbonyl (C=O) groups excluding carboxylic acids is 1. The SMILES string of the molecule is O=C(N[C@H]1CC[C@@H](C(=O)O)C1)c1cncc2ccccc12. The third-order valence-corrected chi connectivity index (χ3v) is 4.03. The lowest BCUT2D eigenvalue weighted by atomic mass is 10.1. The molecule has 1 fully saturated rings. The van der Waals surface area contributed by atoms with Gasteiger partial charge in [-0.15, -0.1) is 0 Å². The maximum Gasteiger partial charge on any atom is 0.306 e. The molecule has 2 aromatic rings. The molecule has 21 heavy (non-hydrogen) atoms. The van der Waals surface area contributed by atoms with Gasteiger partial charge in [0.2, 0.25) is 0 Å². The van der Waals surface area contributed by atoms with Gasteiger partial charge in [-0.2, -0.15) is 0 Å². The van der Waals surface area contributed by atoms with E-state index in [-0.39, 0.29) is 17.9 Å². The lowest BCUT2D eigenvalue weighted by molar-refractivity contribution is -0.141. The highest BCUT2D eigenvalue weighted by molar-refractivity contribution is 6.06. The van der Waals surface area contributed by atoms with E-state index in [1.54, 1.807) is 12.4 Å². The molecule has 1 aromatic heterocycles. The van der Waals surface area contributed by atoms with Crippen LogP contribution in [0.2, 0.25) is 0 Å². The van der Waals surface area contributed by atoms with Crippen LogP contribution in [0, 0.1) is 5.92 Å². The van der Waals surface area contributed by atoms with Crippen LogP contribution in [-0.4, -0.2) is 28.0 Å². The van der Waals surface area contributed by atoms with Crippen molar-refractivity contribution in [2.24, 2.45) is 5.92 Å². The first kappa shape index (κ1) is 13.5. The third kappa shape index (κ3) is 2.72. The van der Waals surface area contributed by atoms with Crippen LogP contribution in [0.1, 0.15) is 29.6 Å².